The predicted octanol–water partition coefficient (Wildman–Crippen LogP) is 7.60. The number of ether oxygens (including phenoxy) is 3. The Morgan fingerprint density at radius 2 is 1.76 bits per heavy atom. The van der Waals surface area contributed by atoms with Crippen LogP contribution in [0.1, 0.15) is 50.3 Å². The number of benzene rings is 3. The molecule has 0 radical (unpaired) electrons. The normalized spacial score (nSPS) is 11.3. The number of fused-ring (bicyclic) bond motifs is 1. The van der Waals surface area contributed by atoms with Crippen LogP contribution < -0.4 is 19.8 Å². The van der Waals surface area contributed by atoms with Crippen LogP contribution in [-0.2, 0) is 0 Å². The summed E-state index contributed by atoms with van der Waals surface area (Å²) in [7, 11) is 0. The Morgan fingerprint density at radius 1 is 1.05 bits per heavy atom. The van der Waals surface area contributed by atoms with E-state index in [0.29, 0.717) is 55.9 Å². The summed E-state index contributed by atoms with van der Waals surface area (Å²) in [4.78, 5) is 18.7. The highest BCUT2D eigenvalue weighted by molar-refractivity contribution is 9.13. The van der Waals surface area contributed by atoms with Gasteiger partial charge in [-0.15, -0.1) is 0 Å². The molecule has 1 aromatic heterocycles. The maximum atomic E-state index is 13.8. The molecule has 0 spiro atoms. The molecule has 212 valence electrons. The quantitative estimate of drug-likeness (QED) is 0.160. The SMILES string of the molecule is CCOc1cc(C)c(-c2nc3ccccc3c(=O)n2N=Cc2cc(OCC)c(OCC#N)c(Br)c2Br)cc1C(C)C. The molecule has 0 saturated heterocycles. The minimum absolute atomic E-state index is 0.139. The average Bonchev–Trinajstić information content (AvgIpc) is 2.95. The van der Waals surface area contributed by atoms with Crippen LogP contribution in [0.5, 0.6) is 17.2 Å². The summed E-state index contributed by atoms with van der Waals surface area (Å²) in [6.45, 7) is 10.8. The fourth-order valence-corrected chi connectivity index (χ4v) is 5.33. The molecule has 0 fully saturated rings. The van der Waals surface area contributed by atoms with E-state index in [9.17, 15) is 4.79 Å². The molecule has 8 nitrogen and oxygen atoms in total. The van der Waals surface area contributed by atoms with Crippen molar-refractivity contribution in [3.8, 4) is 34.7 Å². The number of hydrogen-bond acceptors (Lipinski definition) is 7. The highest BCUT2D eigenvalue weighted by atomic mass is 79.9. The van der Waals surface area contributed by atoms with Crippen molar-refractivity contribution in [3.63, 3.8) is 0 Å². The second kappa shape index (κ2) is 13.3. The van der Waals surface area contributed by atoms with E-state index in [4.69, 9.17) is 24.5 Å². The number of nitriles is 1. The second-order valence-electron chi connectivity index (χ2n) is 9.41. The van der Waals surface area contributed by atoms with Gasteiger partial charge >= 0.3 is 0 Å². The molecule has 0 aliphatic carbocycles. The topological polar surface area (TPSA) is 98.7 Å². The monoisotopic (exact) mass is 680 g/mol. The highest BCUT2D eigenvalue weighted by Crippen LogP contribution is 2.42. The highest BCUT2D eigenvalue weighted by Gasteiger charge is 2.20. The van der Waals surface area contributed by atoms with E-state index < -0.39 is 0 Å². The third-order valence-electron chi connectivity index (χ3n) is 6.32. The Morgan fingerprint density at radius 3 is 2.44 bits per heavy atom. The van der Waals surface area contributed by atoms with E-state index in [2.05, 4.69) is 50.8 Å². The van der Waals surface area contributed by atoms with Crippen molar-refractivity contribution in [1.29, 1.82) is 5.26 Å². The average molecular weight is 682 g/mol. The maximum Gasteiger partial charge on any atom is 0.282 e. The van der Waals surface area contributed by atoms with Crippen molar-refractivity contribution in [2.24, 2.45) is 5.10 Å². The lowest BCUT2D eigenvalue weighted by molar-refractivity contribution is 0.297. The fraction of sp³-hybridized carbons (Fsp3) is 0.290. The van der Waals surface area contributed by atoms with Gasteiger partial charge in [0.05, 0.1) is 34.8 Å². The lowest BCUT2D eigenvalue weighted by Crippen LogP contribution is -2.21. The number of rotatable bonds is 10. The minimum atomic E-state index is -0.296. The molecule has 41 heavy (non-hydrogen) atoms. The molecule has 0 unspecified atom stereocenters. The van der Waals surface area contributed by atoms with Crippen LogP contribution in [0.3, 0.4) is 0 Å². The smallest absolute Gasteiger partial charge is 0.282 e. The lowest BCUT2D eigenvalue weighted by Gasteiger charge is -2.18. The number of halogens is 2. The molecule has 0 aliphatic rings. The summed E-state index contributed by atoms with van der Waals surface area (Å²) in [5, 5.41) is 14.1. The number of aromatic nitrogens is 2. The molecule has 0 N–H and O–H groups in total. The zero-order valence-corrected chi connectivity index (χ0v) is 26.7. The van der Waals surface area contributed by atoms with Crippen LogP contribution in [0.15, 0.2) is 61.3 Å². The van der Waals surface area contributed by atoms with Crippen LogP contribution in [0.4, 0.5) is 0 Å². The van der Waals surface area contributed by atoms with E-state index in [1.807, 2.05) is 51.1 Å². The second-order valence-corrected chi connectivity index (χ2v) is 11.0. The zero-order valence-electron chi connectivity index (χ0n) is 23.5. The first kappa shape index (κ1) is 30.3. The van der Waals surface area contributed by atoms with Gasteiger partial charge in [0.1, 0.15) is 11.8 Å². The van der Waals surface area contributed by atoms with E-state index in [1.54, 1.807) is 24.4 Å². The fourth-order valence-electron chi connectivity index (χ4n) is 4.40. The van der Waals surface area contributed by atoms with Crippen molar-refractivity contribution < 1.29 is 14.2 Å². The van der Waals surface area contributed by atoms with E-state index in [1.165, 1.54) is 4.68 Å². The number of hydrogen-bond donors (Lipinski definition) is 0. The molecular weight excluding hydrogens is 652 g/mol. The molecule has 0 aliphatic heterocycles. The standard InChI is InChI=1S/C31H30Br2N4O4/c1-6-39-25-14-19(5)23(16-22(25)18(3)4)30-36-24-11-9-8-10-21(24)31(38)37(30)35-17-20-15-26(40-7-2)29(41-13-12-34)28(33)27(20)32/h8-11,14-18H,6-7,13H2,1-5H3. The van der Waals surface area contributed by atoms with Gasteiger partial charge in [-0.25, -0.2) is 4.98 Å². The molecule has 0 amide bonds. The third kappa shape index (κ3) is 6.31. The van der Waals surface area contributed by atoms with Crippen molar-refractivity contribution in [2.45, 2.75) is 40.5 Å². The maximum absolute atomic E-state index is 13.8. The number of aryl methyl sites for hydroxylation is 1. The van der Waals surface area contributed by atoms with E-state index in [-0.39, 0.29) is 18.1 Å². The molecular formula is C31H30Br2N4O4. The summed E-state index contributed by atoms with van der Waals surface area (Å²) in [6, 6.07) is 15.0. The lowest BCUT2D eigenvalue weighted by atomic mass is 9.96. The molecule has 3 aromatic carbocycles. The Labute approximate surface area is 255 Å². The van der Waals surface area contributed by atoms with Crippen LogP contribution in [0, 0.1) is 18.3 Å². The summed E-state index contributed by atoms with van der Waals surface area (Å²) >= 11 is 7.13. The van der Waals surface area contributed by atoms with E-state index >= 15 is 0 Å². The zero-order chi connectivity index (χ0) is 29.7. The van der Waals surface area contributed by atoms with Crippen molar-refractivity contribution in [3.05, 3.63) is 78.5 Å². The van der Waals surface area contributed by atoms with Gasteiger partial charge in [0.15, 0.2) is 23.9 Å². The van der Waals surface area contributed by atoms with Crippen LogP contribution in [0.2, 0.25) is 0 Å². The Balaban J connectivity index is 1.95. The number of nitrogens with zero attached hydrogens (tertiary/aromatic N) is 4. The van der Waals surface area contributed by atoms with Gasteiger partial charge in [0.25, 0.3) is 5.56 Å². The van der Waals surface area contributed by atoms with Crippen LogP contribution in [-0.4, -0.2) is 35.7 Å². The predicted molar refractivity (Wildman–Crippen MR) is 169 cm³/mol. The molecule has 0 bridgehead atoms. The molecule has 10 heteroatoms. The molecule has 4 rings (SSSR count). The van der Waals surface area contributed by atoms with Gasteiger partial charge in [-0.1, -0.05) is 26.0 Å². The summed E-state index contributed by atoms with van der Waals surface area (Å²) in [5.41, 5.74) is 3.63. The van der Waals surface area contributed by atoms with Gasteiger partial charge in [-0.05, 0) is 100 Å². The first-order chi connectivity index (χ1) is 19.7. The van der Waals surface area contributed by atoms with Gasteiger partial charge in [0, 0.05) is 15.6 Å². The third-order valence-corrected chi connectivity index (χ3v) is 8.47. The Hall–Kier alpha value is -3.68. The van der Waals surface area contributed by atoms with Crippen molar-refractivity contribution in [1.82, 2.24) is 9.66 Å². The summed E-state index contributed by atoms with van der Waals surface area (Å²) in [5.74, 6) is 2.26. The number of para-hydroxylation sites is 1. The summed E-state index contributed by atoms with van der Waals surface area (Å²) < 4.78 is 19.8. The Kier molecular flexibility index (Phi) is 9.84. The first-order valence-electron chi connectivity index (χ1n) is 13.2. The van der Waals surface area contributed by atoms with Gasteiger partial charge in [-0.3, -0.25) is 4.79 Å². The van der Waals surface area contributed by atoms with Crippen LogP contribution in [0.25, 0.3) is 22.3 Å². The van der Waals surface area contributed by atoms with Gasteiger partial charge in [-0.2, -0.15) is 15.0 Å². The molecule has 4 aromatic rings. The van der Waals surface area contributed by atoms with Crippen molar-refractivity contribution >= 4 is 49.0 Å². The van der Waals surface area contributed by atoms with Crippen LogP contribution >= 0.6 is 31.9 Å². The first-order valence-corrected chi connectivity index (χ1v) is 14.8. The summed E-state index contributed by atoms with van der Waals surface area (Å²) in [6.07, 6.45) is 1.57. The molecule has 0 atom stereocenters. The minimum Gasteiger partial charge on any atom is -0.494 e. The van der Waals surface area contributed by atoms with Crippen molar-refractivity contribution in [2.75, 3.05) is 19.8 Å². The van der Waals surface area contributed by atoms with Gasteiger partial charge < -0.3 is 14.2 Å². The molecule has 1 heterocycles. The molecule has 0 saturated carbocycles. The van der Waals surface area contributed by atoms with Gasteiger partial charge in [0.2, 0.25) is 0 Å². The Bertz CT molecular complexity index is 1720. The largest absolute Gasteiger partial charge is 0.494 e. The van der Waals surface area contributed by atoms with E-state index in [0.717, 1.165) is 22.4 Å².